The van der Waals surface area contributed by atoms with E-state index in [0.29, 0.717) is 0 Å². The summed E-state index contributed by atoms with van der Waals surface area (Å²) in [5.41, 5.74) is -0.840. The van der Waals surface area contributed by atoms with Gasteiger partial charge in [0.1, 0.15) is 0 Å². The lowest BCUT2D eigenvalue weighted by Crippen LogP contribution is -2.37. The fourth-order valence-corrected chi connectivity index (χ4v) is 1.27. The number of rotatable bonds is 5. The van der Waals surface area contributed by atoms with Crippen LogP contribution >= 0.6 is 0 Å². The van der Waals surface area contributed by atoms with Gasteiger partial charge in [-0.3, -0.25) is 19.7 Å². The highest BCUT2D eigenvalue weighted by Gasteiger charge is 2.17. The molecule has 0 spiro atoms. The maximum atomic E-state index is 13.1. The normalized spacial score (nSPS) is 9.90. The van der Waals surface area contributed by atoms with Crippen molar-refractivity contribution in [2.24, 2.45) is 0 Å². The van der Waals surface area contributed by atoms with E-state index >= 15 is 0 Å². The Hall–Kier alpha value is -2.55. The topological polar surface area (TPSA) is 111 Å². The van der Waals surface area contributed by atoms with Crippen LogP contribution in [0.1, 0.15) is 0 Å². The molecule has 0 saturated heterocycles. The molecule has 0 aliphatic carbocycles. The summed E-state index contributed by atoms with van der Waals surface area (Å²) in [5.74, 6) is -2.96. The third-order valence-electron chi connectivity index (χ3n) is 2.20. The van der Waals surface area contributed by atoms with Gasteiger partial charge in [0.25, 0.3) is 0 Å². The quantitative estimate of drug-likeness (QED) is 0.353. The van der Waals surface area contributed by atoms with Crippen LogP contribution in [0, 0.1) is 15.9 Å². The summed E-state index contributed by atoms with van der Waals surface area (Å²) < 4.78 is 17.8. The van der Waals surface area contributed by atoms with E-state index in [9.17, 15) is 24.1 Å². The summed E-state index contributed by atoms with van der Waals surface area (Å²) in [5, 5.41) is 14.9. The van der Waals surface area contributed by atoms with Crippen molar-refractivity contribution in [2.75, 3.05) is 25.6 Å². The molecule has 1 aromatic carbocycles. The van der Waals surface area contributed by atoms with Gasteiger partial charge in [0.2, 0.25) is 5.82 Å². The summed E-state index contributed by atoms with van der Waals surface area (Å²) in [6.07, 6.45) is 0. The molecule has 0 unspecified atom stereocenters. The maximum absolute atomic E-state index is 13.1. The van der Waals surface area contributed by atoms with Crippen molar-refractivity contribution < 1.29 is 23.6 Å². The van der Waals surface area contributed by atoms with Crippen LogP contribution in [-0.2, 0) is 14.3 Å². The first-order valence-electron chi connectivity index (χ1n) is 5.47. The Bertz CT molecular complexity index is 535. The minimum atomic E-state index is -1.03. The lowest BCUT2D eigenvalue weighted by molar-refractivity contribution is -0.387. The molecule has 1 rings (SSSR count). The van der Waals surface area contributed by atoms with E-state index in [1.807, 2.05) is 0 Å². The fourth-order valence-electron chi connectivity index (χ4n) is 1.27. The van der Waals surface area contributed by atoms with E-state index in [0.717, 1.165) is 18.2 Å². The summed E-state index contributed by atoms with van der Waals surface area (Å²) in [4.78, 5) is 32.4. The first-order valence-corrected chi connectivity index (χ1v) is 5.47. The molecule has 0 atom stereocenters. The number of halogens is 1. The van der Waals surface area contributed by atoms with Crippen molar-refractivity contribution in [1.29, 1.82) is 0 Å². The largest absolute Gasteiger partial charge is 0.383 e. The standard InChI is InChI=1S/C11H12FN3O5/c1-20-5-4-13-10(16)11(17)14-7-2-3-8(12)9(6-7)15(18)19/h2-3,6H,4-5H2,1H3,(H,13,16)(H,14,17). The number of carbonyl (C=O) groups is 2. The number of nitrogens with zero attached hydrogens (tertiary/aromatic N) is 1. The number of nitro groups is 1. The van der Waals surface area contributed by atoms with Gasteiger partial charge in [-0.2, -0.15) is 4.39 Å². The van der Waals surface area contributed by atoms with Crippen LogP contribution in [0.15, 0.2) is 18.2 Å². The molecule has 0 fully saturated rings. The number of hydrogen-bond donors (Lipinski definition) is 2. The summed E-state index contributed by atoms with van der Waals surface area (Å²) in [6.45, 7) is 0.382. The monoisotopic (exact) mass is 285 g/mol. The molecule has 1 aromatic rings. The second-order valence-corrected chi connectivity index (χ2v) is 3.63. The van der Waals surface area contributed by atoms with Crippen molar-refractivity contribution in [1.82, 2.24) is 5.32 Å². The Morgan fingerprint density at radius 1 is 1.40 bits per heavy atom. The number of benzene rings is 1. The highest BCUT2D eigenvalue weighted by atomic mass is 19.1. The highest BCUT2D eigenvalue weighted by molar-refractivity contribution is 6.39. The minimum absolute atomic E-state index is 0.0509. The Morgan fingerprint density at radius 3 is 2.70 bits per heavy atom. The zero-order valence-electron chi connectivity index (χ0n) is 10.5. The summed E-state index contributed by atoms with van der Waals surface area (Å²) in [6, 6.07) is 2.77. The third kappa shape index (κ3) is 4.28. The zero-order chi connectivity index (χ0) is 15.1. The summed E-state index contributed by atoms with van der Waals surface area (Å²) in [7, 11) is 1.43. The molecule has 8 nitrogen and oxygen atoms in total. The number of nitrogens with one attached hydrogen (secondary N) is 2. The molecule has 0 heterocycles. The SMILES string of the molecule is COCCNC(=O)C(=O)Nc1ccc(F)c([N+](=O)[O-])c1. The average Bonchev–Trinajstić information content (AvgIpc) is 2.40. The number of nitro benzene ring substituents is 1. The smallest absolute Gasteiger partial charge is 0.313 e. The molecule has 0 aliphatic heterocycles. The molecule has 2 amide bonds. The molecule has 0 aromatic heterocycles. The molecule has 0 saturated carbocycles. The second-order valence-electron chi connectivity index (χ2n) is 3.63. The predicted molar refractivity (Wildman–Crippen MR) is 66.6 cm³/mol. The van der Waals surface area contributed by atoms with Gasteiger partial charge in [-0.15, -0.1) is 0 Å². The second kappa shape index (κ2) is 7.14. The van der Waals surface area contributed by atoms with Crippen LogP contribution in [0.2, 0.25) is 0 Å². The lowest BCUT2D eigenvalue weighted by Gasteiger charge is -2.06. The van der Waals surface area contributed by atoms with Gasteiger partial charge in [0.15, 0.2) is 0 Å². The Labute approximate surface area is 113 Å². The zero-order valence-corrected chi connectivity index (χ0v) is 10.5. The lowest BCUT2D eigenvalue weighted by atomic mass is 10.2. The number of anilines is 1. The van der Waals surface area contributed by atoms with Gasteiger partial charge in [0, 0.05) is 25.4 Å². The van der Waals surface area contributed by atoms with E-state index in [-0.39, 0.29) is 18.8 Å². The van der Waals surface area contributed by atoms with Crippen LogP contribution in [0.5, 0.6) is 0 Å². The Balaban J connectivity index is 2.68. The van der Waals surface area contributed by atoms with Crippen molar-refractivity contribution in [3.8, 4) is 0 Å². The van der Waals surface area contributed by atoms with Crippen molar-refractivity contribution in [2.45, 2.75) is 0 Å². The van der Waals surface area contributed by atoms with Crippen LogP contribution in [-0.4, -0.2) is 37.0 Å². The number of ether oxygens (including phenoxy) is 1. The van der Waals surface area contributed by atoms with Crippen molar-refractivity contribution >= 4 is 23.2 Å². The average molecular weight is 285 g/mol. The number of hydrogen-bond acceptors (Lipinski definition) is 5. The molecule has 0 aliphatic rings. The number of amides is 2. The molecule has 0 radical (unpaired) electrons. The van der Waals surface area contributed by atoms with Gasteiger partial charge in [-0.05, 0) is 12.1 Å². The van der Waals surface area contributed by atoms with Gasteiger partial charge in [-0.1, -0.05) is 0 Å². The predicted octanol–water partition coefficient (Wildman–Crippen LogP) is 0.435. The molecule has 20 heavy (non-hydrogen) atoms. The van der Waals surface area contributed by atoms with E-state index in [4.69, 9.17) is 0 Å². The van der Waals surface area contributed by atoms with E-state index < -0.39 is 28.2 Å². The molecular weight excluding hydrogens is 273 g/mol. The Morgan fingerprint density at radius 2 is 2.10 bits per heavy atom. The minimum Gasteiger partial charge on any atom is -0.383 e. The fraction of sp³-hybridized carbons (Fsp3) is 0.273. The van der Waals surface area contributed by atoms with E-state index in [2.05, 4.69) is 15.4 Å². The molecule has 2 N–H and O–H groups in total. The molecule has 0 bridgehead atoms. The van der Waals surface area contributed by atoms with Crippen LogP contribution in [0.25, 0.3) is 0 Å². The van der Waals surface area contributed by atoms with Gasteiger partial charge in [-0.25, -0.2) is 0 Å². The van der Waals surface area contributed by atoms with E-state index in [1.54, 1.807) is 0 Å². The van der Waals surface area contributed by atoms with Crippen molar-refractivity contribution in [3.63, 3.8) is 0 Å². The Kier molecular flexibility index (Phi) is 5.54. The molecule has 108 valence electrons. The van der Waals surface area contributed by atoms with Crippen LogP contribution < -0.4 is 10.6 Å². The van der Waals surface area contributed by atoms with Crippen LogP contribution in [0.4, 0.5) is 15.8 Å². The summed E-state index contributed by atoms with van der Waals surface area (Å²) >= 11 is 0. The van der Waals surface area contributed by atoms with Crippen LogP contribution in [0.3, 0.4) is 0 Å². The van der Waals surface area contributed by atoms with Gasteiger partial charge in [0.05, 0.1) is 11.5 Å². The number of methoxy groups -OCH3 is 1. The van der Waals surface area contributed by atoms with Crippen molar-refractivity contribution in [3.05, 3.63) is 34.1 Å². The van der Waals surface area contributed by atoms with E-state index in [1.165, 1.54) is 7.11 Å². The molecule has 9 heteroatoms. The molecular formula is C11H12FN3O5. The number of carbonyl (C=O) groups excluding carboxylic acids is 2. The first-order chi connectivity index (χ1) is 9.45. The highest BCUT2D eigenvalue weighted by Crippen LogP contribution is 2.21. The van der Waals surface area contributed by atoms with Gasteiger partial charge < -0.3 is 15.4 Å². The third-order valence-corrected chi connectivity index (χ3v) is 2.20. The first kappa shape index (κ1) is 15.5. The van der Waals surface area contributed by atoms with Gasteiger partial charge >= 0.3 is 17.5 Å². The maximum Gasteiger partial charge on any atom is 0.313 e.